The molecule has 1 N–H and O–H groups in total. The van der Waals surface area contributed by atoms with E-state index in [1.54, 1.807) is 0 Å². The lowest BCUT2D eigenvalue weighted by Crippen LogP contribution is -2.49. The van der Waals surface area contributed by atoms with Gasteiger partial charge in [-0.1, -0.05) is 6.07 Å². The number of carbonyl (C=O) groups excluding carboxylic acids is 1. The van der Waals surface area contributed by atoms with E-state index in [9.17, 15) is 18.0 Å². The fourth-order valence-electron chi connectivity index (χ4n) is 4.21. The molecule has 172 valence electrons. The van der Waals surface area contributed by atoms with Gasteiger partial charge >= 0.3 is 12.1 Å². The Kier molecular flexibility index (Phi) is 7.84. The van der Waals surface area contributed by atoms with Crippen molar-refractivity contribution in [2.45, 2.75) is 12.7 Å². The summed E-state index contributed by atoms with van der Waals surface area (Å²) in [5, 5.41) is 7.12. The number of hydrogen-bond donors (Lipinski definition) is 1. The number of ether oxygens (including phenoxy) is 2. The molecule has 4 heterocycles. The van der Waals surface area contributed by atoms with Gasteiger partial charge in [0.2, 0.25) is 5.91 Å². The summed E-state index contributed by atoms with van der Waals surface area (Å²) in [5.41, 5.74) is 1.09. The summed E-state index contributed by atoms with van der Waals surface area (Å²) in [4.78, 5) is 30.6. The zero-order valence-electron chi connectivity index (χ0n) is 17.0. The Labute approximate surface area is 177 Å². The summed E-state index contributed by atoms with van der Waals surface area (Å²) in [5.74, 6) is -1.65. The average Bonchev–Trinajstić information content (AvgIpc) is 3.17. The second kappa shape index (κ2) is 10.4. The minimum Gasteiger partial charge on any atom is -0.475 e. The lowest BCUT2D eigenvalue weighted by Gasteiger charge is -2.36. The Morgan fingerprint density at radius 2 is 1.84 bits per heavy atom. The van der Waals surface area contributed by atoms with Crippen LogP contribution in [0, 0.1) is 17.8 Å². The Hall–Kier alpha value is -2.24. The maximum Gasteiger partial charge on any atom is 0.490 e. The minimum atomic E-state index is -5.08. The Bertz CT molecular complexity index is 743. The third-order valence-corrected chi connectivity index (χ3v) is 5.71. The first-order valence-corrected chi connectivity index (χ1v) is 10.1. The number of halogens is 3. The van der Waals surface area contributed by atoms with E-state index in [0.29, 0.717) is 44.7 Å². The standard InChI is InChI=1S/C18H25N3O3.C2HF3O2/c22-18(21-5-7-23-8-6-21)17-13-24-12-14-9-20(11-16(14)17)10-15-3-1-2-4-19-15;3-2(4,5)1(6)7/h1-4,14,16-17H,5-13H2;(H,6,7)/t14-,16-,17+;/m1./s1. The van der Waals surface area contributed by atoms with Crippen LogP contribution in [-0.4, -0.2) is 90.5 Å². The number of aliphatic carboxylic acids is 1. The molecule has 0 spiro atoms. The summed E-state index contributed by atoms with van der Waals surface area (Å²) >= 11 is 0. The number of fused-ring (bicyclic) bond motifs is 1. The van der Waals surface area contributed by atoms with Crippen LogP contribution in [0.1, 0.15) is 5.69 Å². The summed E-state index contributed by atoms with van der Waals surface area (Å²) in [7, 11) is 0. The minimum absolute atomic E-state index is 0.00409. The van der Waals surface area contributed by atoms with Gasteiger partial charge in [0.05, 0.1) is 38.0 Å². The molecule has 3 saturated heterocycles. The maximum absolute atomic E-state index is 12.9. The molecular formula is C20H26F3N3O5. The summed E-state index contributed by atoms with van der Waals surface area (Å²) in [6.07, 6.45) is -3.24. The van der Waals surface area contributed by atoms with Crippen molar-refractivity contribution in [1.82, 2.24) is 14.8 Å². The van der Waals surface area contributed by atoms with Gasteiger partial charge in [-0.15, -0.1) is 0 Å². The van der Waals surface area contributed by atoms with Crippen molar-refractivity contribution in [3.63, 3.8) is 0 Å². The molecule has 3 aliphatic rings. The number of likely N-dealkylation sites (tertiary alicyclic amines) is 1. The number of morpholine rings is 1. The molecule has 3 fully saturated rings. The number of pyridine rings is 1. The lowest BCUT2D eigenvalue weighted by molar-refractivity contribution is -0.192. The molecule has 3 atom stereocenters. The second-order valence-corrected chi connectivity index (χ2v) is 7.82. The van der Waals surface area contributed by atoms with Crippen LogP contribution in [-0.2, 0) is 25.6 Å². The quantitative estimate of drug-likeness (QED) is 0.749. The molecule has 0 aliphatic carbocycles. The fourth-order valence-corrected chi connectivity index (χ4v) is 4.21. The number of carboxylic acids is 1. The first-order valence-electron chi connectivity index (χ1n) is 10.1. The van der Waals surface area contributed by atoms with Crippen LogP contribution >= 0.6 is 0 Å². The molecule has 0 saturated carbocycles. The van der Waals surface area contributed by atoms with Gasteiger partial charge < -0.3 is 19.5 Å². The summed E-state index contributed by atoms with van der Waals surface area (Å²) in [6, 6.07) is 6.03. The SMILES string of the molecule is O=C(O)C(F)(F)F.O=C([C@H]1COC[C@H]2CN(Cc3ccccn3)C[C@H]21)N1CCOCC1. The van der Waals surface area contributed by atoms with Crippen molar-refractivity contribution in [2.24, 2.45) is 17.8 Å². The van der Waals surface area contributed by atoms with Crippen LogP contribution in [0.15, 0.2) is 24.4 Å². The molecule has 31 heavy (non-hydrogen) atoms. The van der Waals surface area contributed by atoms with Crippen LogP contribution < -0.4 is 0 Å². The van der Waals surface area contributed by atoms with Gasteiger partial charge in [0.1, 0.15) is 0 Å². The number of rotatable bonds is 3. The van der Waals surface area contributed by atoms with E-state index in [1.807, 2.05) is 23.2 Å². The first-order chi connectivity index (χ1) is 14.8. The van der Waals surface area contributed by atoms with Gasteiger partial charge in [-0.2, -0.15) is 13.2 Å². The molecule has 0 radical (unpaired) electrons. The number of amides is 1. The van der Waals surface area contributed by atoms with Crippen LogP contribution in [0.5, 0.6) is 0 Å². The predicted octanol–water partition coefficient (Wildman–Crippen LogP) is 1.27. The number of alkyl halides is 3. The summed E-state index contributed by atoms with van der Waals surface area (Å²) < 4.78 is 42.9. The lowest BCUT2D eigenvalue weighted by atomic mass is 9.82. The van der Waals surface area contributed by atoms with E-state index in [2.05, 4.69) is 16.0 Å². The summed E-state index contributed by atoms with van der Waals surface area (Å²) in [6.45, 7) is 6.88. The fraction of sp³-hybridized carbons (Fsp3) is 0.650. The van der Waals surface area contributed by atoms with Crippen molar-refractivity contribution in [1.29, 1.82) is 0 Å². The largest absolute Gasteiger partial charge is 0.490 e. The van der Waals surface area contributed by atoms with Gasteiger partial charge in [-0.3, -0.25) is 14.7 Å². The Morgan fingerprint density at radius 3 is 2.45 bits per heavy atom. The molecule has 4 rings (SSSR count). The molecule has 11 heteroatoms. The van der Waals surface area contributed by atoms with Crippen LogP contribution in [0.4, 0.5) is 13.2 Å². The average molecular weight is 445 g/mol. The van der Waals surface area contributed by atoms with Gasteiger partial charge in [-0.05, 0) is 24.0 Å². The first kappa shape index (κ1) is 23.4. The molecular weight excluding hydrogens is 419 g/mol. The third kappa shape index (κ3) is 6.37. The topological polar surface area (TPSA) is 92.2 Å². The molecule has 8 nitrogen and oxygen atoms in total. The van der Waals surface area contributed by atoms with Gasteiger partial charge in [0.15, 0.2) is 0 Å². The Balaban J connectivity index is 0.000000339. The normalized spacial score (nSPS) is 26.5. The van der Waals surface area contributed by atoms with Gasteiger partial charge in [0, 0.05) is 38.9 Å². The smallest absolute Gasteiger partial charge is 0.475 e. The number of aromatic nitrogens is 1. The molecule has 1 aromatic rings. The molecule has 1 aromatic heterocycles. The molecule has 3 aliphatic heterocycles. The van der Waals surface area contributed by atoms with Crippen molar-refractivity contribution >= 4 is 11.9 Å². The van der Waals surface area contributed by atoms with Crippen molar-refractivity contribution in [3.8, 4) is 0 Å². The van der Waals surface area contributed by atoms with Crippen molar-refractivity contribution < 1.29 is 37.3 Å². The van der Waals surface area contributed by atoms with E-state index >= 15 is 0 Å². The van der Waals surface area contributed by atoms with Gasteiger partial charge in [-0.25, -0.2) is 4.79 Å². The highest BCUT2D eigenvalue weighted by Gasteiger charge is 2.45. The van der Waals surface area contributed by atoms with E-state index in [4.69, 9.17) is 19.4 Å². The number of carbonyl (C=O) groups is 2. The van der Waals surface area contributed by atoms with Crippen LogP contribution in [0.3, 0.4) is 0 Å². The number of nitrogens with zero attached hydrogens (tertiary/aromatic N) is 3. The molecule has 0 bridgehead atoms. The molecule has 0 aromatic carbocycles. The monoisotopic (exact) mass is 445 g/mol. The highest BCUT2D eigenvalue weighted by molar-refractivity contribution is 5.79. The van der Waals surface area contributed by atoms with Crippen LogP contribution in [0.25, 0.3) is 0 Å². The van der Waals surface area contributed by atoms with E-state index < -0.39 is 12.1 Å². The second-order valence-electron chi connectivity index (χ2n) is 7.82. The third-order valence-electron chi connectivity index (χ3n) is 5.71. The van der Waals surface area contributed by atoms with Crippen molar-refractivity contribution in [2.75, 3.05) is 52.6 Å². The van der Waals surface area contributed by atoms with E-state index in [1.165, 1.54) is 0 Å². The van der Waals surface area contributed by atoms with Gasteiger partial charge in [0.25, 0.3) is 0 Å². The number of carboxylic acid groups (broad SMARTS) is 1. The molecule has 0 unspecified atom stereocenters. The Morgan fingerprint density at radius 1 is 1.13 bits per heavy atom. The highest BCUT2D eigenvalue weighted by Crippen LogP contribution is 2.35. The highest BCUT2D eigenvalue weighted by atomic mass is 19.4. The number of hydrogen-bond acceptors (Lipinski definition) is 6. The predicted molar refractivity (Wildman–Crippen MR) is 102 cm³/mol. The van der Waals surface area contributed by atoms with Crippen LogP contribution in [0.2, 0.25) is 0 Å². The van der Waals surface area contributed by atoms with Crippen molar-refractivity contribution in [3.05, 3.63) is 30.1 Å². The van der Waals surface area contributed by atoms with E-state index in [-0.39, 0.29) is 11.8 Å². The zero-order chi connectivity index (χ0) is 22.4. The zero-order valence-corrected chi connectivity index (χ0v) is 17.0. The van der Waals surface area contributed by atoms with E-state index in [0.717, 1.165) is 31.9 Å². The maximum atomic E-state index is 12.9. The molecule has 1 amide bonds.